The van der Waals surface area contributed by atoms with Crippen LogP contribution in [0.1, 0.15) is 24.8 Å². The summed E-state index contributed by atoms with van der Waals surface area (Å²) in [7, 11) is 0. The molecule has 1 fully saturated rings. The molecule has 0 bridgehead atoms. The molecule has 1 saturated heterocycles. The number of rotatable bonds is 8. The summed E-state index contributed by atoms with van der Waals surface area (Å²) in [6, 6.07) is 18.7. The third-order valence-electron chi connectivity index (χ3n) is 4.60. The highest BCUT2D eigenvalue weighted by Crippen LogP contribution is 2.21. The molecule has 0 atom stereocenters. The van der Waals surface area contributed by atoms with Gasteiger partial charge in [-0.3, -0.25) is 4.79 Å². The lowest BCUT2D eigenvalue weighted by Gasteiger charge is -2.18. The minimum Gasteiger partial charge on any atom is -0.376 e. The smallest absolute Gasteiger partial charge is 0.239 e. The third kappa shape index (κ3) is 5.52. The van der Waals surface area contributed by atoms with Crippen molar-refractivity contribution in [2.24, 2.45) is 0 Å². The van der Waals surface area contributed by atoms with E-state index in [1.165, 1.54) is 24.1 Å². The first-order valence-electron chi connectivity index (χ1n) is 9.21. The summed E-state index contributed by atoms with van der Waals surface area (Å²) in [5.74, 6) is 0.0386. The van der Waals surface area contributed by atoms with Crippen LogP contribution in [-0.4, -0.2) is 32.1 Å². The first kappa shape index (κ1) is 17.3. The van der Waals surface area contributed by atoms with E-state index >= 15 is 0 Å². The van der Waals surface area contributed by atoms with Gasteiger partial charge in [-0.15, -0.1) is 0 Å². The maximum atomic E-state index is 11.9. The average molecular weight is 337 g/mol. The number of hydrogen-bond donors (Lipinski definition) is 2. The molecule has 3 rings (SSSR count). The Labute approximate surface area is 150 Å². The predicted octanol–water partition coefficient (Wildman–Crippen LogP) is 3.45. The van der Waals surface area contributed by atoms with Crippen molar-refractivity contribution >= 4 is 17.3 Å². The van der Waals surface area contributed by atoms with Gasteiger partial charge in [0.1, 0.15) is 0 Å². The van der Waals surface area contributed by atoms with Gasteiger partial charge in [-0.25, -0.2) is 0 Å². The lowest BCUT2D eigenvalue weighted by molar-refractivity contribution is -0.119. The third-order valence-corrected chi connectivity index (χ3v) is 4.60. The van der Waals surface area contributed by atoms with Gasteiger partial charge in [0.25, 0.3) is 0 Å². The molecule has 1 aliphatic heterocycles. The van der Waals surface area contributed by atoms with E-state index in [1.807, 2.05) is 18.2 Å². The van der Waals surface area contributed by atoms with Crippen molar-refractivity contribution in [1.29, 1.82) is 0 Å². The van der Waals surface area contributed by atoms with Gasteiger partial charge in [-0.1, -0.05) is 30.3 Å². The normalized spacial score (nSPS) is 13.7. The Kier molecular flexibility index (Phi) is 6.32. The van der Waals surface area contributed by atoms with Crippen LogP contribution < -0.4 is 15.5 Å². The van der Waals surface area contributed by atoms with Gasteiger partial charge in [0.2, 0.25) is 5.91 Å². The van der Waals surface area contributed by atoms with Crippen molar-refractivity contribution in [2.45, 2.75) is 25.7 Å². The van der Waals surface area contributed by atoms with E-state index in [4.69, 9.17) is 0 Å². The van der Waals surface area contributed by atoms with E-state index in [1.54, 1.807) is 0 Å². The zero-order chi connectivity index (χ0) is 17.3. The highest BCUT2D eigenvalue weighted by atomic mass is 16.1. The topological polar surface area (TPSA) is 44.4 Å². The molecule has 0 radical (unpaired) electrons. The SMILES string of the molecule is O=C(CNc1ccc(N2CCCC2)cc1)NCCCc1ccccc1. The van der Waals surface area contributed by atoms with Crippen LogP contribution in [-0.2, 0) is 11.2 Å². The molecule has 0 spiro atoms. The quantitative estimate of drug-likeness (QED) is 0.725. The molecule has 25 heavy (non-hydrogen) atoms. The molecule has 1 aliphatic rings. The maximum Gasteiger partial charge on any atom is 0.239 e. The maximum absolute atomic E-state index is 11.9. The average Bonchev–Trinajstić information content (AvgIpc) is 3.20. The molecule has 0 aliphatic carbocycles. The molecule has 2 aromatic rings. The van der Waals surface area contributed by atoms with E-state index in [0.717, 1.165) is 31.6 Å². The lowest BCUT2D eigenvalue weighted by Crippen LogP contribution is -2.30. The molecule has 1 amide bonds. The number of benzene rings is 2. The Balaban J connectivity index is 1.33. The number of hydrogen-bond acceptors (Lipinski definition) is 3. The van der Waals surface area contributed by atoms with E-state index in [9.17, 15) is 4.79 Å². The molecule has 2 N–H and O–H groups in total. The zero-order valence-electron chi connectivity index (χ0n) is 14.7. The van der Waals surface area contributed by atoms with Crippen LogP contribution in [0.15, 0.2) is 54.6 Å². The Morgan fingerprint density at radius 2 is 1.68 bits per heavy atom. The van der Waals surface area contributed by atoms with Gasteiger partial charge in [-0.2, -0.15) is 0 Å². The molecular weight excluding hydrogens is 310 g/mol. The van der Waals surface area contributed by atoms with Gasteiger partial charge in [0.05, 0.1) is 6.54 Å². The summed E-state index contributed by atoms with van der Waals surface area (Å²) in [5, 5.41) is 6.16. The van der Waals surface area contributed by atoms with Crippen molar-refractivity contribution in [3.8, 4) is 0 Å². The van der Waals surface area contributed by atoms with Crippen molar-refractivity contribution in [1.82, 2.24) is 5.32 Å². The summed E-state index contributed by atoms with van der Waals surface area (Å²) in [5.41, 5.74) is 3.57. The van der Waals surface area contributed by atoms with Crippen molar-refractivity contribution in [3.05, 3.63) is 60.2 Å². The molecule has 0 unspecified atom stereocenters. The second kappa shape index (κ2) is 9.11. The number of carbonyl (C=O) groups is 1. The largest absolute Gasteiger partial charge is 0.376 e. The molecule has 2 aromatic carbocycles. The van der Waals surface area contributed by atoms with Crippen molar-refractivity contribution in [3.63, 3.8) is 0 Å². The Morgan fingerprint density at radius 1 is 0.960 bits per heavy atom. The summed E-state index contributed by atoms with van der Waals surface area (Å²) < 4.78 is 0. The van der Waals surface area contributed by atoms with Crippen LogP contribution >= 0.6 is 0 Å². The first-order valence-corrected chi connectivity index (χ1v) is 9.21. The van der Waals surface area contributed by atoms with Crippen molar-refractivity contribution < 1.29 is 4.79 Å². The Morgan fingerprint density at radius 3 is 2.40 bits per heavy atom. The Bertz CT molecular complexity index is 649. The highest BCUT2D eigenvalue weighted by Gasteiger charge is 2.11. The fourth-order valence-corrected chi connectivity index (χ4v) is 3.18. The number of amides is 1. The lowest BCUT2D eigenvalue weighted by atomic mass is 10.1. The number of aryl methyl sites for hydroxylation is 1. The van der Waals surface area contributed by atoms with E-state index in [-0.39, 0.29) is 5.91 Å². The first-order chi connectivity index (χ1) is 12.3. The summed E-state index contributed by atoms with van der Waals surface area (Å²) >= 11 is 0. The van der Waals surface area contributed by atoms with Crippen LogP contribution in [0.2, 0.25) is 0 Å². The number of anilines is 2. The minimum atomic E-state index is 0.0386. The van der Waals surface area contributed by atoms with Crippen LogP contribution in [0.25, 0.3) is 0 Å². The Hall–Kier alpha value is -2.49. The second-order valence-corrected chi connectivity index (χ2v) is 6.53. The van der Waals surface area contributed by atoms with Crippen molar-refractivity contribution in [2.75, 3.05) is 36.4 Å². The van der Waals surface area contributed by atoms with Gasteiger partial charge in [0, 0.05) is 31.0 Å². The summed E-state index contributed by atoms with van der Waals surface area (Å²) in [6.45, 7) is 3.33. The van der Waals surface area contributed by atoms with Gasteiger partial charge in [-0.05, 0) is 55.5 Å². The molecule has 0 aromatic heterocycles. The van der Waals surface area contributed by atoms with E-state index in [0.29, 0.717) is 13.1 Å². The summed E-state index contributed by atoms with van der Waals surface area (Å²) in [6.07, 6.45) is 4.52. The molecule has 0 saturated carbocycles. The van der Waals surface area contributed by atoms with Crippen LogP contribution in [0.5, 0.6) is 0 Å². The van der Waals surface area contributed by atoms with Crippen LogP contribution in [0.3, 0.4) is 0 Å². The van der Waals surface area contributed by atoms with Crippen LogP contribution in [0, 0.1) is 0 Å². The number of nitrogens with zero attached hydrogens (tertiary/aromatic N) is 1. The number of carbonyl (C=O) groups excluding carboxylic acids is 1. The number of nitrogens with one attached hydrogen (secondary N) is 2. The molecule has 4 nitrogen and oxygen atoms in total. The minimum absolute atomic E-state index is 0.0386. The predicted molar refractivity (Wildman–Crippen MR) is 104 cm³/mol. The van der Waals surface area contributed by atoms with Gasteiger partial charge in [0.15, 0.2) is 0 Å². The van der Waals surface area contributed by atoms with Gasteiger partial charge >= 0.3 is 0 Å². The fourth-order valence-electron chi connectivity index (χ4n) is 3.18. The molecule has 1 heterocycles. The standard InChI is InChI=1S/C21H27N3O/c25-21(22-14-6-9-18-7-2-1-3-8-18)17-23-19-10-12-20(13-11-19)24-15-4-5-16-24/h1-3,7-8,10-13,23H,4-6,9,14-17H2,(H,22,25). The molecule has 4 heteroatoms. The molecular formula is C21H27N3O. The van der Waals surface area contributed by atoms with Gasteiger partial charge < -0.3 is 15.5 Å². The zero-order valence-corrected chi connectivity index (χ0v) is 14.7. The highest BCUT2D eigenvalue weighted by molar-refractivity contribution is 5.80. The van der Waals surface area contributed by atoms with E-state index in [2.05, 4.69) is 51.9 Å². The molecule has 132 valence electrons. The monoisotopic (exact) mass is 337 g/mol. The van der Waals surface area contributed by atoms with Crippen LogP contribution in [0.4, 0.5) is 11.4 Å². The summed E-state index contributed by atoms with van der Waals surface area (Å²) in [4.78, 5) is 14.3. The second-order valence-electron chi connectivity index (χ2n) is 6.53. The fraction of sp³-hybridized carbons (Fsp3) is 0.381. The van der Waals surface area contributed by atoms with E-state index < -0.39 is 0 Å².